The number of rotatable bonds is 7. The molecule has 0 amide bonds. The number of aromatic nitrogens is 1. The molecule has 0 radical (unpaired) electrons. The number of carbonyl (C=O) groups is 1. The van der Waals surface area contributed by atoms with E-state index in [9.17, 15) is 9.18 Å². The van der Waals surface area contributed by atoms with Crippen molar-refractivity contribution < 1.29 is 13.9 Å². The van der Waals surface area contributed by atoms with Gasteiger partial charge in [-0.2, -0.15) is 0 Å². The molecule has 0 aliphatic carbocycles. The van der Waals surface area contributed by atoms with Crippen molar-refractivity contribution in [2.45, 2.75) is 12.5 Å². The number of halogens is 2. The molecule has 7 heteroatoms. The van der Waals surface area contributed by atoms with Crippen molar-refractivity contribution in [2.75, 3.05) is 30.4 Å². The highest BCUT2D eigenvalue weighted by Crippen LogP contribution is 2.29. The van der Waals surface area contributed by atoms with E-state index in [1.807, 2.05) is 24.3 Å². The number of nitrogens with zero attached hydrogens (tertiary/aromatic N) is 2. The van der Waals surface area contributed by atoms with Crippen molar-refractivity contribution in [1.82, 2.24) is 4.98 Å². The summed E-state index contributed by atoms with van der Waals surface area (Å²) in [4.78, 5) is 19.3. The van der Waals surface area contributed by atoms with E-state index < -0.39 is 0 Å². The number of hydrogen-bond acceptors (Lipinski definition) is 5. The van der Waals surface area contributed by atoms with Crippen LogP contribution in [0, 0.1) is 5.82 Å². The first-order chi connectivity index (χ1) is 15.5. The zero-order chi connectivity index (χ0) is 22.5. The molecule has 1 saturated heterocycles. The molecule has 32 heavy (non-hydrogen) atoms. The van der Waals surface area contributed by atoms with Gasteiger partial charge < -0.3 is 15.0 Å². The van der Waals surface area contributed by atoms with Crippen LogP contribution in [-0.2, 0) is 4.74 Å². The molecular weight excluding hydrogens is 429 g/mol. The minimum atomic E-state index is -0.357. The topological polar surface area (TPSA) is 54.5 Å². The Balaban J connectivity index is 1.55. The van der Waals surface area contributed by atoms with E-state index in [4.69, 9.17) is 16.3 Å². The van der Waals surface area contributed by atoms with Gasteiger partial charge in [-0.05, 0) is 55.0 Å². The number of methoxy groups -OCH3 is 1. The van der Waals surface area contributed by atoms with Gasteiger partial charge in [0, 0.05) is 41.5 Å². The highest BCUT2D eigenvalue weighted by atomic mass is 35.5. The molecule has 2 aromatic carbocycles. The minimum absolute atomic E-state index is 0.127. The van der Waals surface area contributed by atoms with Crippen molar-refractivity contribution in [1.29, 1.82) is 0 Å². The molecular formula is C25H23ClFN3O2. The molecule has 0 saturated carbocycles. The Morgan fingerprint density at radius 2 is 2.09 bits per heavy atom. The molecule has 1 aliphatic rings. The van der Waals surface area contributed by atoms with Gasteiger partial charge in [0.15, 0.2) is 5.78 Å². The van der Waals surface area contributed by atoms with Crippen LogP contribution in [0.5, 0.6) is 0 Å². The van der Waals surface area contributed by atoms with Crippen LogP contribution >= 0.6 is 11.6 Å². The quantitative estimate of drug-likeness (QED) is 0.384. The van der Waals surface area contributed by atoms with E-state index in [0.717, 1.165) is 30.8 Å². The Morgan fingerprint density at radius 1 is 1.25 bits per heavy atom. The zero-order valence-electron chi connectivity index (χ0n) is 17.6. The molecule has 1 unspecified atom stereocenters. The van der Waals surface area contributed by atoms with Crippen molar-refractivity contribution in [2.24, 2.45) is 0 Å². The lowest BCUT2D eigenvalue weighted by Gasteiger charge is -2.22. The minimum Gasteiger partial charge on any atom is -0.504 e. The molecule has 1 N–H and O–H groups in total. The Bertz CT molecular complexity index is 1130. The van der Waals surface area contributed by atoms with Crippen molar-refractivity contribution in [3.05, 3.63) is 94.6 Å². The maximum atomic E-state index is 13.1. The SMILES string of the molecule is CO/C=C\c1cc(C(=O)c2ccccc2Cl)ccc1N1CCC(Nc2ccc(F)cn2)C1. The summed E-state index contributed by atoms with van der Waals surface area (Å²) in [7, 11) is 1.58. The lowest BCUT2D eigenvalue weighted by Crippen LogP contribution is -2.26. The summed E-state index contributed by atoms with van der Waals surface area (Å²) in [5.74, 6) is 0.167. The molecule has 1 atom stereocenters. The van der Waals surface area contributed by atoms with Gasteiger partial charge in [0.2, 0.25) is 0 Å². The van der Waals surface area contributed by atoms with Crippen molar-refractivity contribution in [3.8, 4) is 0 Å². The molecule has 1 fully saturated rings. The van der Waals surface area contributed by atoms with Gasteiger partial charge in [-0.15, -0.1) is 0 Å². The van der Waals surface area contributed by atoms with Gasteiger partial charge in [-0.25, -0.2) is 9.37 Å². The summed E-state index contributed by atoms with van der Waals surface area (Å²) < 4.78 is 18.2. The fourth-order valence-corrected chi connectivity index (χ4v) is 4.05. The molecule has 2 heterocycles. The Hall–Kier alpha value is -3.38. The van der Waals surface area contributed by atoms with Crippen molar-refractivity contribution >= 4 is 35.0 Å². The van der Waals surface area contributed by atoms with Crippen LogP contribution in [0.15, 0.2) is 67.1 Å². The van der Waals surface area contributed by atoms with Gasteiger partial charge in [-0.1, -0.05) is 23.7 Å². The number of ether oxygens (including phenoxy) is 1. The fraction of sp³-hybridized carbons (Fsp3) is 0.200. The van der Waals surface area contributed by atoms with Crippen LogP contribution < -0.4 is 10.2 Å². The number of pyridine rings is 1. The predicted octanol–water partition coefficient (Wildman–Crippen LogP) is 5.41. The van der Waals surface area contributed by atoms with E-state index in [-0.39, 0.29) is 17.6 Å². The Labute approximate surface area is 191 Å². The van der Waals surface area contributed by atoms with Crippen LogP contribution in [0.3, 0.4) is 0 Å². The van der Waals surface area contributed by atoms with Gasteiger partial charge >= 0.3 is 0 Å². The zero-order valence-corrected chi connectivity index (χ0v) is 18.3. The first-order valence-electron chi connectivity index (χ1n) is 10.3. The van der Waals surface area contributed by atoms with Gasteiger partial charge in [0.05, 0.1) is 24.6 Å². The third-order valence-electron chi connectivity index (χ3n) is 5.40. The van der Waals surface area contributed by atoms with Crippen LogP contribution in [0.2, 0.25) is 5.02 Å². The van der Waals surface area contributed by atoms with E-state index in [0.29, 0.717) is 22.0 Å². The van der Waals surface area contributed by atoms with E-state index in [1.54, 1.807) is 43.7 Å². The smallest absolute Gasteiger partial charge is 0.194 e. The third-order valence-corrected chi connectivity index (χ3v) is 5.73. The number of ketones is 1. The van der Waals surface area contributed by atoms with Crippen LogP contribution in [0.4, 0.5) is 15.9 Å². The highest BCUT2D eigenvalue weighted by molar-refractivity contribution is 6.35. The molecule has 0 spiro atoms. The Morgan fingerprint density at radius 3 is 2.84 bits per heavy atom. The molecule has 3 aromatic rings. The average molecular weight is 452 g/mol. The number of benzene rings is 2. The monoisotopic (exact) mass is 451 g/mol. The third kappa shape index (κ3) is 4.92. The maximum Gasteiger partial charge on any atom is 0.194 e. The number of carbonyl (C=O) groups excluding carboxylic acids is 1. The fourth-order valence-electron chi connectivity index (χ4n) is 3.83. The summed E-state index contributed by atoms with van der Waals surface area (Å²) in [6.07, 6.45) is 5.56. The lowest BCUT2D eigenvalue weighted by atomic mass is 9.99. The summed E-state index contributed by atoms with van der Waals surface area (Å²) in [6.45, 7) is 1.59. The van der Waals surface area contributed by atoms with Crippen molar-refractivity contribution in [3.63, 3.8) is 0 Å². The number of nitrogens with one attached hydrogen (secondary N) is 1. The molecule has 5 nitrogen and oxygen atoms in total. The largest absolute Gasteiger partial charge is 0.504 e. The number of hydrogen-bond donors (Lipinski definition) is 1. The summed E-state index contributed by atoms with van der Waals surface area (Å²) in [5, 5.41) is 3.79. The molecule has 164 valence electrons. The van der Waals surface area contributed by atoms with Crippen LogP contribution in [0.25, 0.3) is 6.08 Å². The second kappa shape index (κ2) is 9.83. The maximum absolute atomic E-state index is 13.1. The first-order valence-corrected chi connectivity index (χ1v) is 10.7. The molecule has 0 bridgehead atoms. The average Bonchev–Trinajstić information content (AvgIpc) is 3.27. The van der Waals surface area contributed by atoms with Gasteiger partial charge in [0.25, 0.3) is 0 Å². The van der Waals surface area contributed by atoms with E-state index in [1.165, 1.54) is 12.3 Å². The standard InChI is InChI=1S/C25H23ClFN3O2/c1-32-13-11-17-14-18(25(31)21-4-2-3-5-22(21)26)6-8-23(17)30-12-10-20(16-30)29-24-9-7-19(27)15-28-24/h2-9,11,13-15,20H,10,12,16H2,1H3,(H,28,29)/b13-11-. The normalized spacial score (nSPS) is 15.8. The van der Waals surface area contributed by atoms with E-state index in [2.05, 4.69) is 15.2 Å². The molecule has 1 aromatic heterocycles. The lowest BCUT2D eigenvalue weighted by molar-refractivity contribution is 0.103. The second-order valence-electron chi connectivity index (χ2n) is 7.56. The van der Waals surface area contributed by atoms with E-state index >= 15 is 0 Å². The molecule has 4 rings (SSSR count). The van der Waals surface area contributed by atoms with Gasteiger partial charge in [-0.3, -0.25) is 4.79 Å². The summed E-state index contributed by atoms with van der Waals surface area (Å²) >= 11 is 6.22. The first kappa shape index (κ1) is 21.8. The van der Waals surface area contributed by atoms with Gasteiger partial charge in [0.1, 0.15) is 11.6 Å². The summed E-state index contributed by atoms with van der Waals surface area (Å²) in [6, 6.07) is 15.9. The number of anilines is 2. The molecule has 1 aliphatic heterocycles. The summed E-state index contributed by atoms with van der Waals surface area (Å²) in [5.41, 5.74) is 2.92. The second-order valence-corrected chi connectivity index (χ2v) is 7.97. The van der Waals surface area contributed by atoms with Crippen LogP contribution in [-0.4, -0.2) is 37.0 Å². The highest BCUT2D eigenvalue weighted by Gasteiger charge is 2.25. The predicted molar refractivity (Wildman–Crippen MR) is 126 cm³/mol. The Kier molecular flexibility index (Phi) is 6.71. The van der Waals surface area contributed by atoms with Crippen LogP contribution in [0.1, 0.15) is 27.9 Å².